The normalized spacial score (nSPS) is 24.3. The molecule has 0 radical (unpaired) electrons. The van der Waals surface area contributed by atoms with Gasteiger partial charge in [-0.15, -0.1) is 0 Å². The van der Waals surface area contributed by atoms with Crippen molar-refractivity contribution in [3.8, 4) is 0 Å². The molecule has 2 fully saturated rings. The molecule has 1 aromatic carbocycles. The fourth-order valence-electron chi connectivity index (χ4n) is 3.96. The van der Waals surface area contributed by atoms with Crippen molar-refractivity contribution in [1.29, 1.82) is 0 Å². The first-order valence-corrected chi connectivity index (χ1v) is 9.14. The number of carbonyl (C=O) groups excluding carboxylic acids is 2. The summed E-state index contributed by atoms with van der Waals surface area (Å²) in [7, 11) is 0. The summed E-state index contributed by atoms with van der Waals surface area (Å²) in [4.78, 5) is 28.4. The van der Waals surface area contributed by atoms with E-state index >= 15 is 0 Å². The minimum absolute atomic E-state index is 0.237. The number of carbonyl (C=O) groups is 2. The highest BCUT2D eigenvalue weighted by molar-refractivity contribution is 6.35. The van der Waals surface area contributed by atoms with Crippen molar-refractivity contribution in [2.45, 2.75) is 44.2 Å². The predicted octanol–water partition coefficient (Wildman–Crippen LogP) is 1.49. The van der Waals surface area contributed by atoms with E-state index in [1.165, 1.54) is 30.4 Å². The van der Waals surface area contributed by atoms with E-state index in [1.807, 2.05) is 0 Å². The molecule has 1 saturated heterocycles. The van der Waals surface area contributed by atoms with E-state index in [-0.39, 0.29) is 11.9 Å². The molecule has 4 rings (SSSR count). The molecule has 1 saturated carbocycles. The van der Waals surface area contributed by atoms with Crippen LogP contribution >= 0.6 is 0 Å². The van der Waals surface area contributed by atoms with Crippen LogP contribution in [0.15, 0.2) is 24.3 Å². The first-order chi connectivity index (χ1) is 11.7. The first kappa shape index (κ1) is 15.6. The molecule has 2 amide bonds. The van der Waals surface area contributed by atoms with E-state index < -0.39 is 5.91 Å². The van der Waals surface area contributed by atoms with E-state index in [2.05, 4.69) is 34.5 Å². The van der Waals surface area contributed by atoms with Crippen LogP contribution in [0, 0.1) is 0 Å². The number of nitrogens with one attached hydrogen (secondary N) is 1. The number of aryl methyl sites for hydroxylation is 1. The number of hydrogen-bond acceptors (Lipinski definition) is 3. The van der Waals surface area contributed by atoms with Crippen LogP contribution in [0.4, 0.5) is 0 Å². The molecule has 1 aliphatic heterocycles. The first-order valence-electron chi connectivity index (χ1n) is 9.14. The number of piperazine rings is 1. The number of benzene rings is 1. The Morgan fingerprint density at radius 2 is 1.75 bits per heavy atom. The van der Waals surface area contributed by atoms with Gasteiger partial charge in [-0.05, 0) is 43.2 Å². The molecule has 0 aromatic heterocycles. The third kappa shape index (κ3) is 3.18. The quantitative estimate of drug-likeness (QED) is 0.837. The van der Waals surface area contributed by atoms with Gasteiger partial charge in [0.05, 0.1) is 0 Å². The number of fused-ring (bicyclic) bond motifs is 1. The van der Waals surface area contributed by atoms with Gasteiger partial charge in [0.1, 0.15) is 0 Å². The van der Waals surface area contributed by atoms with Crippen LogP contribution in [0.3, 0.4) is 0 Å². The van der Waals surface area contributed by atoms with Gasteiger partial charge in [-0.3, -0.25) is 14.5 Å². The monoisotopic (exact) mass is 327 g/mol. The van der Waals surface area contributed by atoms with Crippen LogP contribution in [-0.4, -0.2) is 53.8 Å². The lowest BCUT2D eigenvalue weighted by molar-refractivity contribution is -0.147. The molecule has 1 unspecified atom stereocenters. The maximum absolute atomic E-state index is 12.2. The number of amides is 2. The fraction of sp³-hybridized carbons (Fsp3) is 0.579. The molecule has 0 bridgehead atoms. The second kappa shape index (κ2) is 6.55. The Bertz CT molecular complexity index is 633. The molecule has 1 N–H and O–H groups in total. The Hall–Kier alpha value is -1.88. The van der Waals surface area contributed by atoms with Gasteiger partial charge < -0.3 is 10.2 Å². The highest BCUT2D eigenvalue weighted by atomic mass is 16.2. The fourth-order valence-corrected chi connectivity index (χ4v) is 3.96. The molecule has 2 aliphatic carbocycles. The van der Waals surface area contributed by atoms with Crippen molar-refractivity contribution >= 4 is 11.8 Å². The van der Waals surface area contributed by atoms with Gasteiger partial charge in [-0.25, -0.2) is 0 Å². The van der Waals surface area contributed by atoms with Gasteiger partial charge in [0.15, 0.2) is 0 Å². The number of rotatable bonds is 2. The van der Waals surface area contributed by atoms with Crippen molar-refractivity contribution in [3.63, 3.8) is 0 Å². The van der Waals surface area contributed by atoms with Crippen LogP contribution in [-0.2, 0) is 16.0 Å². The van der Waals surface area contributed by atoms with Gasteiger partial charge in [0.25, 0.3) is 0 Å². The molecule has 3 aliphatic rings. The standard InChI is InChI=1S/C19H25N3O2/c23-18(20-15-8-9-15)19(24)22-12-10-21(11-13-22)17-7-3-5-14-4-1-2-6-16(14)17/h1-2,4,6,15,17H,3,5,7-13H2,(H,20,23). The molecule has 5 heteroatoms. The summed E-state index contributed by atoms with van der Waals surface area (Å²) in [5, 5.41) is 2.79. The van der Waals surface area contributed by atoms with Gasteiger partial charge in [-0.1, -0.05) is 24.3 Å². The van der Waals surface area contributed by atoms with Crippen molar-refractivity contribution in [1.82, 2.24) is 15.1 Å². The summed E-state index contributed by atoms with van der Waals surface area (Å²) in [6.07, 6.45) is 5.60. The molecule has 5 nitrogen and oxygen atoms in total. The third-order valence-electron chi connectivity index (χ3n) is 5.49. The van der Waals surface area contributed by atoms with Crippen molar-refractivity contribution < 1.29 is 9.59 Å². The average Bonchev–Trinajstić information content (AvgIpc) is 3.45. The van der Waals surface area contributed by atoms with Gasteiger partial charge >= 0.3 is 11.8 Å². The van der Waals surface area contributed by atoms with Gasteiger partial charge in [-0.2, -0.15) is 0 Å². The Morgan fingerprint density at radius 1 is 1.00 bits per heavy atom. The maximum atomic E-state index is 12.2. The lowest BCUT2D eigenvalue weighted by Gasteiger charge is -2.41. The van der Waals surface area contributed by atoms with Gasteiger partial charge in [0.2, 0.25) is 0 Å². The second-order valence-corrected chi connectivity index (χ2v) is 7.18. The molecular weight excluding hydrogens is 302 g/mol. The molecule has 128 valence electrons. The van der Waals surface area contributed by atoms with Crippen LogP contribution in [0.1, 0.15) is 42.9 Å². The summed E-state index contributed by atoms with van der Waals surface area (Å²) < 4.78 is 0. The summed E-state index contributed by atoms with van der Waals surface area (Å²) in [5.74, 6) is -0.778. The predicted molar refractivity (Wildman–Crippen MR) is 91.4 cm³/mol. The highest BCUT2D eigenvalue weighted by Gasteiger charge is 2.33. The Morgan fingerprint density at radius 3 is 2.50 bits per heavy atom. The molecule has 24 heavy (non-hydrogen) atoms. The van der Waals surface area contributed by atoms with E-state index in [0.29, 0.717) is 19.1 Å². The summed E-state index contributed by atoms with van der Waals surface area (Å²) in [6.45, 7) is 2.99. The van der Waals surface area contributed by atoms with E-state index in [0.717, 1.165) is 25.9 Å². The largest absolute Gasteiger partial charge is 0.345 e. The lowest BCUT2D eigenvalue weighted by atomic mass is 9.86. The maximum Gasteiger partial charge on any atom is 0.311 e. The smallest absolute Gasteiger partial charge is 0.311 e. The SMILES string of the molecule is O=C(NC1CC1)C(=O)N1CCN(C2CCCc3ccccc32)CC1. The minimum Gasteiger partial charge on any atom is -0.345 e. The molecule has 1 heterocycles. The van der Waals surface area contributed by atoms with Crippen LogP contribution in [0.2, 0.25) is 0 Å². The Kier molecular flexibility index (Phi) is 4.27. The molecule has 1 aromatic rings. The molecular formula is C19H25N3O2. The van der Waals surface area contributed by atoms with Crippen molar-refractivity contribution in [2.24, 2.45) is 0 Å². The summed E-state index contributed by atoms with van der Waals surface area (Å²) in [5.41, 5.74) is 2.92. The van der Waals surface area contributed by atoms with E-state index in [4.69, 9.17) is 0 Å². The Labute approximate surface area is 143 Å². The number of nitrogens with zero attached hydrogens (tertiary/aromatic N) is 2. The summed E-state index contributed by atoms with van der Waals surface area (Å²) >= 11 is 0. The van der Waals surface area contributed by atoms with Crippen molar-refractivity contribution in [2.75, 3.05) is 26.2 Å². The van der Waals surface area contributed by atoms with Gasteiger partial charge in [0, 0.05) is 38.3 Å². The third-order valence-corrected chi connectivity index (χ3v) is 5.49. The zero-order valence-corrected chi connectivity index (χ0v) is 14.0. The zero-order valence-electron chi connectivity index (χ0n) is 14.0. The summed E-state index contributed by atoms with van der Waals surface area (Å²) in [6, 6.07) is 9.44. The van der Waals surface area contributed by atoms with E-state index in [1.54, 1.807) is 4.90 Å². The lowest BCUT2D eigenvalue weighted by Crippen LogP contribution is -2.53. The second-order valence-electron chi connectivity index (χ2n) is 7.18. The van der Waals surface area contributed by atoms with Crippen LogP contribution < -0.4 is 5.32 Å². The highest BCUT2D eigenvalue weighted by Crippen LogP contribution is 2.34. The molecule has 0 spiro atoms. The zero-order chi connectivity index (χ0) is 16.5. The molecule has 1 atom stereocenters. The van der Waals surface area contributed by atoms with Crippen LogP contribution in [0.5, 0.6) is 0 Å². The topological polar surface area (TPSA) is 52.7 Å². The number of hydrogen-bond donors (Lipinski definition) is 1. The van der Waals surface area contributed by atoms with Crippen LogP contribution in [0.25, 0.3) is 0 Å². The average molecular weight is 327 g/mol. The minimum atomic E-state index is -0.422. The van der Waals surface area contributed by atoms with E-state index in [9.17, 15) is 9.59 Å². The Balaban J connectivity index is 1.36. The van der Waals surface area contributed by atoms with Crippen molar-refractivity contribution in [3.05, 3.63) is 35.4 Å².